The Kier molecular flexibility index (Phi) is 5.58. The Balaban J connectivity index is 2.66. The van der Waals surface area contributed by atoms with Crippen LogP contribution in [-0.4, -0.2) is 16.0 Å². The van der Waals surface area contributed by atoms with E-state index in [-0.39, 0.29) is 11.9 Å². The van der Waals surface area contributed by atoms with Crippen LogP contribution in [0.25, 0.3) is 0 Å². The average Bonchev–Trinajstić information content (AvgIpc) is 2.24. The van der Waals surface area contributed by atoms with Crippen LogP contribution in [0.2, 0.25) is 0 Å². The molecular weight excluding hydrogens is 293 g/mol. The molecule has 0 aliphatic carbocycles. The van der Waals surface area contributed by atoms with Gasteiger partial charge in [-0.05, 0) is 34.0 Å². The van der Waals surface area contributed by atoms with Gasteiger partial charge in [0.15, 0.2) is 0 Å². The van der Waals surface area contributed by atoms with Gasteiger partial charge >= 0.3 is 0 Å². The largest absolute Gasteiger partial charge is 0.327 e. The van der Waals surface area contributed by atoms with Gasteiger partial charge < -0.3 is 5.73 Å². The number of nitrogens with two attached hydrogens (primary N) is 1. The van der Waals surface area contributed by atoms with Crippen LogP contribution in [0, 0.1) is 5.82 Å². The Labute approximate surface area is 106 Å². The van der Waals surface area contributed by atoms with Crippen LogP contribution in [-0.2, 0) is 16.6 Å². The van der Waals surface area contributed by atoms with Crippen molar-refractivity contribution in [3.63, 3.8) is 0 Å². The van der Waals surface area contributed by atoms with Crippen LogP contribution in [0.3, 0.4) is 0 Å². The van der Waals surface area contributed by atoms with E-state index in [1.165, 1.54) is 6.07 Å². The van der Waals surface area contributed by atoms with Gasteiger partial charge in [0.05, 0.1) is 4.47 Å². The van der Waals surface area contributed by atoms with Gasteiger partial charge in [0.1, 0.15) is 5.82 Å². The van der Waals surface area contributed by atoms with Crippen LogP contribution in [0.5, 0.6) is 0 Å². The van der Waals surface area contributed by atoms with Gasteiger partial charge in [0.2, 0.25) is 0 Å². The Hall–Kier alpha value is -0.260. The van der Waals surface area contributed by atoms with E-state index in [2.05, 4.69) is 15.9 Å². The van der Waals surface area contributed by atoms with Crippen molar-refractivity contribution in [1.29, 1.82) is 0 Å². The second-order valence-corrected chi connectivity index (χ2v) is 5.93. The van der Waals surface area contributed by atoms with Crippen LogP contribution in [0.4, 0.5) is 4.39 Å². The van der Waals surface area contributed by atoms with Gasteiger partial charge in [-0.15, -0.1) is 0 Å². The normalized spacial score (nSPS) is 14.8. The quantitative estimate of drug-likeness (QED) is 0.908. The molecule has 0 amide bonds. The first-order valence-electron chi connectivity index (χ1n) is 5.08. The summed E-state index contributed by atoms with van der Waals surface area (Å²) in [4.78, 5) is 0. The Bertz CT molecular complexity index is 386. The fraction of sp³-hybridized carbons (Fsp3) is 0.455. The summed E-state index contributed by atoms with van der Waals surface area (Å²) in [5.41, 5.74) is 6.44. The van der Waals surface area contributed by atoms with E-state index in [1.807, 2.05) is 6.92 Å². The van der Waals surface area contributed by atoms with Gasteiger partial charge in [0, 0.05) is 28.3 Å². The van der Waals surface area contributed by atoms with Crippen molar-refractivity contribution in [2.75, 3.05) is 5.75 Å². The van der Waals surface area contributed by atoms with Crippen molar-refractivity contribution < 1.29 is 8.60 Å². The molecule has 2 unspecified atom stereocenters. The Morgan fingerprint density at radius 2 is 2.25 bits per heavy atom. The van der Waals surface area contributed by atoms with Crippen LogP contribution in [0.15, 0.2) is 22.7 Å². The maximum atomic E-state index is 13.2. The summed E-state index contributed by atoms with van der Waals surface area (Å²) >= 11 is 3.15. The van der Waals surface area contributed by atoms with Gasteiger partial charge in [-0.3, -0.25) is 4.21 Å². The number of halogens is 2. The van der Waals surface area contributed by atoms with Crippen molar-refractivity contribution >= 4 is 26.7 Å². The summed E-state index contributed by atoms with van der Waals surface area (Å²) in [6.45, 7) is 1.96. The third-order valence-corrected chi connectivity index (χ3v) is 4.59. The van der Waals surface area contributed by atoms with Gasteiger partial charge in [0.25, 0.3) is 0 Å². The number of hydrogen-bond acceptors (Lipinski definition) is 2. The maximum absolute atomic E-state index is 13.2. The third-order valence-electron chi connectivity index (χ3n) is 2.27. The van der Waals surface area contributed by atoms with Gasteiger partial charge in [-0.25, -0.2) is 4.39 Å². The smallest absolute Gasteiger partial charge is 0.137 e. The molecule has 0 aromatic heterocycles. The number of rotatable bonds is 5. The Morgan fingerprint density at radius 3 is 2.88 bits per heavy atom. The van der Waals surface area contributed by atoms with Crippen molar-refractivity contribution in [3.05, 3.63) is 34.1 Å². The van der Waals surface area contributed by atoms with Crippen molar-refractivity contribution in [3.8, 4) is 0 Å². The molecule has 0 bridgehead atoms. The zero-order valence-electron chi connectivity index (χ0n) is 9.08. The second-order valence-electron chi connectivity index (χ2n) is 3.63. The highest BCUT2D eigenvalue weighted by Gasteiger charge is 2.11. The fourth-order valence-electron chi connectivity index (χ4n) is 1.25. The lowest BCUT2D eigenvalue weighted by atomic mass is 10.2. The molecule has 1 rings (SSSR count). The lowest BCUT2D eigenvalue weighted by Crippen LogP contribution is -2.26. The SMILES string of the molecule is CCC(N)CS(=O)Cc1cccc(F)c1Br. The molecule has 2 atom stereocenters. The summed E-state index contributed by atoms with van der Waals surface area (Å²) in [5, 5.41) is 0. The minimum Gasteiger partial charge on any atom is -0.327 e. The summed E-state index contributed by atoms with van der Waals surface area (Å²) in [6, 6.07) is 4.71. The lowest BCUT2D eigenvalue weighted by Gasteiger charge is -2.09. The van der Waals surface area contributed by atoms with E-state index in [9.17, 15) is 8.60 Å². The summed E-state index contributed by atoms with van der Waals surface area (Å²) in [7, 11) is -1.04. The summed E-state index contributed by atoms with van der Waals surface area (Å²) in [6.07, 6.45) is 0.802. The second kappa shape index (κ2) is 6.47. The molecule has 0 aliphatic heterocycles. The topological polar surface area (TPSA) is 43.1 Å². The average molecular weight is 308 g/mol. The van der Waals surface area contributed by atoms with E-state index in [1.54, 1.807) is 12.1 Å². The highest BCUT2D eigenvalue weighted by Crippen LogP contribution is 2.21. The third kappa shape index (κ3) is 3.96. The summed E-state index contributed by atoms with van der Waals surface area (Å²) < 4.78 is 25.3. The molecule has 0 spiro atoms. The first-order chi connectivity index (χ1) is 7.54. The van der Waals surface area contributed by atoms with Crippen molar-refractivity contribution in [1.82, 2.24) is 0 Å². The van der Waals surface area contributed by atoms with Crippen LogP contribution < -0.4 is 5.73 Å². The molecule has 0 fully saturated rings. The fourth-order valence-corrected chi connectivity index (χ4v) is 3.26. The predicted octanol–water partition coefficient (Wildman–Crippen LogP) is 2.57. The lowest BCUT2D eigenvalue weighted by molar-refractivity contribution is 0.619. The highest BCUT2D eigenvalue weighted by atomic mass is 79.9. The molecule has 1 aromatic carbocycles. The van der Waals surface area contributed by atoms with E-state index in [4.69, 9.17) is 5.73 Å². The molecule has 2 N–H and O–H groups in total. The maximum Gasteiger partial charge on any atom is 0.137 e. The molecule has 5 heteroatoms. The first kappa shape index (κ1) is 13.8. The monoisotopic (exact) mass is 307 g/mol. The highest BCUT2D eigenvalue weighted by molar-refractivity contribution is 9.10. The van der Waals surface area contributed by atoms with Crippen molar-refractivity contribution in [2.45, 2.75) is 25.1 Å². The summed E-state index contributed by atoms with van der Waals surface area (Å²) in [5.74, 6) is 0.472. The van der Waals surface area contributed by atoms with E-state index >= 15 is 0 Å². The van der Waals surface area contributed by atoms with E-state index in [0.29, 0.717) is 16.0 Å². The minimum absolute atomic E-state index is 0.0480. The molecule has 0 saturated heterocycles. The molecule has 1 aromatic rings. The molecule has 0 heterocycles. The molecule has 90 valence electrons. The molecule has 0 aliphatic rings. The van der Waals surface area contributed by atoms with Crippen LogP contribution in [0.1, 0.15) is 18.9 Å². The molecule has 2 nitrogen and oxygen atoms in total. The molecule has 16 heavy (non-hydrogen) atoms. The zero-order valence-corrected chi connectivity index (χ0v) is 11.5. The zero-order chi connectivity index (χ0) is 12.1. The number of hydrogen-bond donors (Lipinski definition) is 1. The molecular formula is C11H15BrFNOS. The van der Waals surface area contributed by atoms with E-state index in [0.717, 1.165) is 12.0 Å². The minimum atomic E-state index is -1.04. The first-order valence-corrected chi connectivity index (χ1v) is 7.36. The number of benzene rings is 1. The Morgan fingerprint density at radius 1 is 1.56 bits per heavy atom. The molecule has 0 radical (unpaired) electrons. The molecule has 0 saturated carbocycles. The van der Waals surface area contributed by atoms with Gasteiger partial charge in [-0.1, -0.05) is 19.1 Å². The van der Waals surface area contributed by atoms with E-state index < -0.39 is 10.8 Å². The van der Waals surface area contributed by atoms with Crippen LogP contribution >= 0.6 is 15.9 Å². The standard InChI is InChI=1S/C11H15BrFNOS/c1-2-9(14)7-16(15)6-8-4-3-5-10(13)11(8)12/h3-5,9H,2,6-7,14H2,1H3. The van der Waals surface area contributed by atoms with Gasteiger partial charge in [-0.2, -0.15) is 0 Å². The predicted molar refractivity (Wildman–Crippen MR) is 69.1 cm³/mol. The van der Waals surface area contributed by atoms with Crippen molar-refractivity contribution in [2.24, 2.45) is 5.73 Å².